The van der Waals surface area contributed by atoms with E-state index >= 15 is 0 Å². The summed E-state index contributed by atoms with van der Waals surface area (Å²) in [6, 6.07) is 14.0. The molecule has 0 heterocycles. The molecule has 0 spiro atoms. The summed E-state index contributed by atoms with van der Waals surface area (Å²) in [7, 11) is -3.72. The van der Waals surface area contributed by atoms with Crippen molar-refractivity contribution in [2.24, 2.45) is 0 Å². The fraction of sp³-hybridized carbons (Fsp3) is 0.391. The zero-order valence-electron chi connectivity index (χ0n) is 18.4. The molecule has 0 aromatic heterocycles. The second-order valence-corrected chi connectivity index (χ2v) is 10.4. The molecule has 0 aliphatic carbocycles. The van der Waals surface area contributed by atoms with E-state index in [-0.39, 0.29) is 29.5 Å². The summed E-state index contributed by atoms with van der Waals surface area (Å²) in [5.41, 5.74) is 2.82. The number of rotatable bonds is 7. The van der Waals surface area contributed by atoms with E-state index in [0.29, 0.717) is 5.56 Å². The number of sulfonamides is 1. The number of hydrogen-bond donors (Lipinski definition) is 1. The molecule has 2 aromatic carbocycles. The van der Waals surface area contributed by atoms with Crippen LogP contribution in [0.4, 0.5) is 5.69 Å². The zero-order chi connectivity index (χ0) is 22.7. The molecule has 0 fully saturated rings. The van der Waals surface area contributed by atoms with Crippen LogP contribution in [-0.4, -0.2) is 32.9 Å². The number of nitrogens with one attached hydrogen (secondary N) is 1. The summed E-state index contributed by atoms with van der Waals surface area (Å²) < 4.78 is 25.6. The van der Waals surface area contributed by atoms with Gasteiger partial charge in [0.05, 0.1) is 18.0 Å². The lowest BCUT2D eigenvalue weighted by Crippen LogP contribution is -2.41. The molecule has 0 aliphatic rings. The Hall–Kier alpha value is -2.67. The lowest BCUT2D eigenvalue weighted by Gasteiger charge is -2.24. The maximum atomic E-state index is 12.6. The molecular weight excluding hydrogens is 400 g/mol. The van der Waals surface area contributed by atoms with Crippen LogP contribution in [0.5, 0.6) is 0 Å². The topological polar surface area (TPSA) is 83.6 Å². The van der Waals surface area contributed by atoms with Gasteiger partial charge in [0.1, 0.15) is 6.54 Å². The third-order valence-electron chi connectivity index (χ3n) is 4.88. The highest BCUT2D eigenvalue weighted by molar-refractivity contribution is 7.92. The minimum atomic E-state index is -3.72. The van der Waals surface area contributed by atoms with Gasteiger partial charge in [-0.15, -0.1) is 0 Å². The molecule has 2 aromatic rings. The van der Waals surface area contributed by atoms with Gasteiger partial charge >= 0.3 is 0 Å². The van der Waals surface area contributed by atoms with E-state index in [9.17, 15) is 18.0 Å². The van der Waals surface area contributed by atoms with Gasteiger partial charge in [0.15, 0.2) is 5.78 Å². The van der Waals surface area contributed by atoms with Gasteiger partial charge in [0, 0.05) is 5.56 Å². The summed E-state index contributed by atoms with van der Waals surface area (Å²) in [6.45, 7) is 9.29. The van der Waals surface area contributed by atoms with Crippen molar-refractivity contribution in [1.82, 2.24) is 5.32 Å². The molecule has 0 saturated heterocycles. The van der Waals surface area contributed by atoms with Crippen molar-refractivity contribution in [3.05, 3.63) is 65.2 Å². The Bertz CT molecular complexity index is 1020. The van der Waals surface area contributed by atoms with Crippen molar-refractivity contribution in [2.45, 2.75) is 46.1 Å². The molecule has 7 heteroatoms. The Morgan fingerprint density at radius 2 is 1.67 bits per heavy atom. The third kappa shape index (κ3) is 6.16. The second kappa shape index (κ2) is 9.00. The summed E-state index contributed by atoms with van der Waals surface area (Å²) in [5, 5.41) is 2.85. The molecule has 0 aliphatic heterocycles. The van der Waals surface area contributed by atoms with E-state index in [1.54, 1.807) is 18.2 Å². The average Bonchev–Trinajstić information content (AvgIpc) is 2.64. The molecular formula is C23H30N2O4S. The molecule has 6 nitrogen and oxygen atoms in total. The predicted molar refractivity (Wildman–Crippen MR) is 120 cm³/mol. The largest absolute Gasteiger partial charge is 0.348 e. The Morgan fingerprint density at radius 3 is 2.17 bits per heavy atom. The average molecular weight is 431 g/mol. The molecule has 162 valence electrons. The van der Waals surface area contributed by atoms with Gasteiger partial charge in [-0.1, -0.05) is 57.2 Å². The molecule has 30 heavy (non-hydrogen) atoms. The molecule has 1 amide bonds. The summed E-state index contributed by atoms with van der Waals surface area (Å²) in [6.07, 6.45) is 1.04. The first-order valence-electron chi connectivity index (χ1n) is 9.77. The van der Waals surface area contributed by atoms with E-state index < -0.39 is 15.9 Å². The van der Waals surface area contributed by atoms with Crippen LogP contribution >= 0.6 is 0 Å². The van der Waals surface area contributed by atoms with Crippen molar-refractivity contribution in [1.29, 1.82) is 0 Å². The maximum absolute atomic E-state index is 12.6. The fourth-order valence-electron chi connectivity index (χ4n) is 3.05. The van der Waals surface area contributed by atoms with Gasteiger partial charge in [0.25, 0.3) is 0 Å². The van der Waals surface area contributed by atoms with Crippen LogP contribution in [0.2, 0.25) is 0 Å². The van der Waals surface area contributed by atoms with Crippen LogP contribution < -0.4 is 9.62 Å². The van der Waals surface area contributed by atoms with E-state index in [2.05, 4.69) is 26.1 Å². The summed E-state index contributed by atoms with van der Waals surface area (Å²) in [4.78, 5) is 24.3. The van der Waals surface area contributed by atoms with E-state index in [4.69, 9.17) is 0 Å². The number of carbonyl (C=O) groups excluding carboxylic acids is 2. The third-order valence-corrected chi connectivity index (χ3v) is 6.02. The fourth-order valence-corrected chi connectivity index (χ4v) is 3.90. The quantitative estimate of drug-likeness (QED) is 0.677. The van der Waals surface area contributed by atoms with Crippen LogP contribution in [0.3, 0.4) is 0 Å². The van der Waals surface area contributed by atoms with Crippen molar-refractivity contribution >= 4 is 27.4 Å². The number of ketones is 1. The van der Waals surface area contributed by atoms with E-state index in [1.165, 1.54) is 18.6 Å². The summed E-state index contributed by atoms with van der Waals surface area (Å²) in [5.74, 6) is -0.608. The van der Waals surface area contributed by atoms with Gasteiger partial charge in [-0.05, 0) is 42.5 Å². The molecule has 0 radical (unpaired) electrons. The van der Waals surface area contributed by atoms with Crippen LogP contribution in [0.15, 0.2) is 48.5 Å². The minimum absolute atomic E-state index is 0.0371. The van der Waals surface area contributed by atoms with Gasteiger partial charge in [-0.25, -0.2) is 8.42 Å². The molecule has 1 N–H and O–H groups in total. The SMILES string of the molecule is CC(=O)c1cccc(N(CC(=O)N[C@H](C)c2ccc(C(C)(C)C)cc2)S(C)(=O)=O)c1. The van der Waals surface area contributed by atoms with Gasteiger partial charge in [-0.2, -0.15) is 0 Å². The van der Waals surface area contributed by atoms with E-state index in [1.807, 2.05) is 31.2 Å². The lowest BCUT2D eigenvalue weighted by molar-refractivity contribution is -0.120. The molecule has 2 rings (SSSR count). The summed E-state index contributed by atoms with van der Waals surface area (Å²) >= 11 is 0. The van der Waals surface area contributed by atoms with Crippen molar-refractivity contribution < 1.29 is 18.0 Å². The number of nitrogens with zero attached hydrogens (tertiary/aromatic N) is 1. The first-order chi connectivity index (χ1) is 13.8. The Kier molecular flexibility index (Phi) is 7.08. The smallest absolute Gasteiger partial charge is 0.241 e. The van der Waals surface area contributed by atoms with Crippen molar-refractivity contribution in [3.63, 3.8) is 0 Å². The van der Waals surface area contributed by atoms with Gasteiger partial charge in [0.2, 0.25) is 15.9 Å². The van der Waals surface area contributed by atoms with Crippen LogP contribution in [0, 0.1) is 0 Å². The normalized spacial score (nSPS) is 12.9. The number of benzene rings is 2. The first-order valence-corrected chi connectivity index (χ1v) is 11.6. The Balaban J connectivity index is 2.17. The predicted octanol–water partition coefficient (Wildman–Crippen LogP) is 3.83. The number of Topliss-reactive ketones (excluding diaryl/α,β-unsaturated/α-hetero) is 1. The lowest BCUT2D eigenvalue weighted by atomic mass is 9.86. The van der Waals surface area contributed by atoms with E-state index in [0.717, 1.165) is 16.1 Å². The first kappa shape index (κ1) is 23.6. The van der Waals surface area contributed by atoms with Crippen LogP contribution in [0.25, 0.3) is 0 Å². The van der Waals surface area contributed by atoms with Crippen LogP contribution in [-0.2, 0) is 20.2 Å². The highest BCUT2D eigenvalue weighted by Crippen LogP contribution is 2.24. The monoisotopic (exact) mass is 430 g/mol. The molecule has 1 atom stereocenters. The molecule has 0 bridgehead atoms. The van der Waals surface area contributed by atoms with Crippen molar-refractivity contribution in [3.8, 4) is 0 Å². The Labute approximate surface area is 179 Å². The van der Waals surface area contributed by atoms with Crippen LogP contribution in [0.1, 0.15) is 62.1 Å². The number of amides is 1. The minimum Gasteiger partial charge on any atom is -0.348 e. The Morgan fingerprint density at radius 1 is 1.07 bits per heavy atom. The number of anilines is 1. The molecule has 0 saturated carbocycles. The maximum Gasteiger partial charge on any atom is 0.241 e. The number of carbonyl (C=O) groups is 2. The van der Waals surface area contributed by atoms with Gasteiger partial charge < -0.3 is 5.32 Å². The standard InChI is InChI=1S/C23H30N2O4S/c1-16(18-10-12-20(13-11-18)23(3,4)5)24-22(27)15-25(30(6,28)29)21-9-7-8-19(14-21)17(2)26/h7-14,16H,15H2,1-6H3,(H,24,27)/t16-/m1/s1. The van der Waals surface area contributed by atoms with Gasteiger partial charge in [-0.3, -0.25) is 13.9 Å². The highest BCUT2D eigenvalue weighted by atomic mass is 32.2. The zero-order valence-corrected chi connectivity index (χ0v) is 19.2. The second-order valence-electron chi connectivity index (χ2n) is 8.54. The number of hydrogen-bond acceptors (Lipinski definition) is 4. The highest BCUT2D eigenvalue weighted by Gasteiger charge is 2.23. The molecule has 0 unspecified atom stereocenters. The van der Waals surface area contributed by atoms with Crippen molar-refractivity contribution in [2.75, 3.05) is 17.1 Å².